The number of carbonyl (C=O) groups is 2. The Bertz CT molecular complexity index is 874. The van der Waals surface area contributed by atoms with Crippen molar-refractivity contribution in [2.45, 2.75) is 63.5 Å². The lowest BCUT2D eigenvalue weighted by Gasteiger charge is -2.36. The molecule has 8 heteroatoms. The van der Waals surface area contributed by atoms with Crippen LogP contribution < -0.4 is 10.6 Å². The van der Waals surface area contributed by atoms with Crippen molar-refractivity contribution in [3.8, 4) is 0 Å². The third-order valence-electron chi connectivity index (χ3n) is 7.34. The minimum atomic E-state index is -0.545. The van der Waals surface area contributed by atoms with Gasteiger partial charge in [0, 0.05) is 25.1 Å². The maximum absolute atomic E-state index is 14.9. The molecular weight excluding hydrogens is 428 g/mol. The lowest BCUT2D eigenvalue weighted by atomic mass is 9.76. The molecule has 3 amide bonds. The lowest BCUT2D eigenvalue weighted by molar-refractivity contribution is -0.126. The Balaban J connectivity index is 1.58. The van der Waals surface area contributed by atoms with Gasteiger partial charge in [0.2, 0.25) is 5.91 Å². The molecule has 3 aliphatic rings. The summed E-state index contributed by atoms with van der Waals surface area (Å²) in [5.41, 5.74) is -0.355. The second-order valence-corrected chi connectivity index (χ2v) is 10.4. The van der Waals surface area contributed by atoms with Crippen molar-refractivity contribution >= 4 is 35.1 Å². The summed E-state index contributed by atoms with van der Waals surface area (Å²) in [6.45, 7) is 2.69. The van der Waals surface area contributed by atoms with Gasteiger partial charge in [0.05, 0.1) is 21.6 Å². The Morgan fingerprint density at radius 1 is 1.30 bits per heavy atom. The van der Waals surface area contributed by atoms with Crippen molar-refractivity contribution in [2.75, 3.05) is 13.6 Å². The summed E-state index contributed by atoms with van der Waals surface area (Å²) in [6, 6.07) is 2.12. The van der Waals surface area contributed by atoms with Crippen LogP contribution in [-0.4, -0.2) is 36.0 Å². The van der Waals surface area contributed by atoms with Gasteiger partial charge >= 0.3 is 6.03 Å². The minimum Gasteiger partial charge on any atom is -0.348 e. The second-order valence-electron chi connectivity index (χ2n) is 9.57. The monoisotopic (exact) mass is 455 g/mol. The average Bonchev–Trinajstić information content (AvgIpc) is 3.38. The summed E-state index contributed by atoms with van der Waals surface area (Å²) in [4.78, 5) is 26.9. The second kappa shape index (κ2) is 7.86. The fraction of sp³-hybridized carbons (Fsp3) is 0.636. The largest absolute Gasteiger partial charge is 0.348 e. The van der Waals surface area contributed by atoms with E-state index in [1.165, 1.54) is 12.1 Å². The molecule has 1 aromatic rings. The lowest BCUT2D eigenvalue weighted by Crippen LogP contribution is -2.44. The first-order chi connectivity index (χ1) is 14.1. The van der Waals surface area contributed by atoms with E-state index in [1.807, 2.05) is 0 Å². The number of benzene rings is 1. The molecule has 2 N–H and O–H groups in total. The molecule has 4 rings (SSSR count). The summed E-state index contributed by atoms with van der Waals surface area (Å²) in [5.74, 6) is -0.787. The number of nitrogens with zero attached hydrogens (tertiary/aromatic N) is 1. The molecule has 0 aromatic heterocycles. The molecule has 2 saturated carbocycles. The Morgan fingerprint density at radius 2 is 2.00 bits per heavy atom. The molecule has 0 radical (unpaired) electrons. The van der Waals surface area contributed by atoms with Crippen LogP contribution >= 0.6 is 23.2 Å². The number of urea groups is 1. The molecule has 0 bridgehead atoms. The molecule has 2 aliphatic carbocycles. The number of carbonyl (C=O) groups excluding carboxylic acids is 2. The van der Waals surface area contributed by atoms with Crippen molar-refractivity contribution in [2.24, 2.45) is 11.3 Å². The topological polar surface area (TPSA) is 61.4 Å². The van der Waals surface area contributed by atoms with Crippen molar-refractivity contribution in [1.29, 1.82) is 0 Å². The number of likely N-dealkylation sites (N-methyl/N-ethyl adjacent to an activating group) is 1. The highest BCUT2D eigenvalue weighted by Gasteiger charge is 2.49. The maximum atomic E-state index is 14.9. The Labute approximate surface area is 186 Å². The number of hydrogen-bond donors (Lipinski definition) is 2. The highest BCUT2D eigenvalue weighted by molar-refractivity contribution is 6.42. The quantitative estimate of drug-likeness (QED) is 0.622. The molecular formula is C22H28Cl2FN3O2. The molecule has 1 aromatic carbocycles. The normalized spacial score (nSPS) is 28.8. The van der Waals surface area contributed by atoms with Gasteiger partial charge in [-0.25, -0.2) is 9.18 Å². The van der Waals surface area contributed by atoms with Gasteiger partial charge in [-0.05, 0) is 49.7 Å². The van der Waals surface area contributed by atoms with Crippen LogP contribution in [0.1, 0.15) is 63.5 Å². The summed E-state index contributed by atoms with van der Waals surface area (Å²) in [5, 5.41) is 6.64. The smallest absolute Gasteiger partial charge is 0.317 e. The van der Waals surface area contributed by atoms with Crippen LogP contribution in [0, 0.1) is 17.2 Å². The number of rotatable bonds is 4. The van der Waals surface area contributed by atoms with Crippen molar-refractivity contribution in [1.82, 2.24) is 15.5 Å². The third-order valence-corrected chi connectivity index (χ3v) is 8.15. The fourth-order valence-corrected chi connectivity index (χ4v) is 6.06. The summed E-state index contributed by atoms with van der Waals surface area (Å²) < 4.78 is 14.9. The zero-order chi connectivity index (χ0) is 21.7. The van der Waals surface area contributed by atoms with Gasteiger partial charge in [-0.15, -0.1) is 0 Å². The number of hydrogen-bond acceptors (Lipinski definition) is 2. The Kier molecular flexibility index (Phi) is 5.69. The van der Waals surface area contributed by atoms with Gasteiger partial charge in [0.25, 0.3) is 0 Å². The van der Waals surface area contributed by atoms with Crippen LogP contribution in [0.4, 0.5) is 9.18 Å². The van der Waals surface area contributed by atoms with E-state index >= 15 is 0 Å². The summed E-state index contributed by atoms with van der Waals surface area (Å²) in [7, 11) is 1.76. The first-order valence-electron chi connectivity index (χ1n) is 10.6. The SMILES string of the molecule is CN1C[C@]2(CC[C@H](C(=O)NC(c3c(F)ccc(Cl)c3Cl)C3(C)CCCC3)C2)NC1=O. The van der Waals surface area contributed by atoms with Gasteiger partial charge in [-0.2, -0.15) is 0 Å². The van der Waals surface area contributed by atoms with Crippen molar-refractivity contribution in [3.63, 3.8) is 0 Å². The number of nitrogens with one attached hydrogen (secondary N) is 2. The first-order valence-corrected chi connectivity index (χ1v) is 11.4. The van der Waals surface area contributed by atoms with E-state index in [9.17, 15) is 14.0 Å². The molecule has 1 heterocycles. The molecule has 1 saturated heterocycles. The first kappa shape index (κ1) is 21.7. The van der Waals surface area contributed by atoms with Gasteiger partial charge in [-0.3, -0.25) is 4.79 Å². The van der Waals surface area contributed by atoms with E-state index in [2.05, 4.69) is 17.6 Å². The molecule has 164 valence electrons. The molecule has 3 fully saturated rings. The van der Waals surface area contributed by atoms with Crippen molar-refractivity contribution in [3.05, 3.63) is 33.6 Å². The molecule has 1 spiro atoms. The van der Waals surface area contributed by atoms with Crippen LogP contribution in [0.2, 0.25) is 10.0 Å². The molecule has 30 heavy (non-hydrogen) atoms. The van der Waals surface area contributed by atoms with Crippen molar-refractivity contribution < 1.29 is 14.0 Å². The van der Waals surface area contributed by atoms with Crippen LogP contribution in [0.5, 0.6) is 0 Å². The number of halogens is 3. The van der Waals surface area contributed by atoms with E-state index in [0.717, 1.165) is 32.1 Å². The molecule has 5 nitrogen and oxygen atoms in total. The average molecular weight is 456 g/mol. The predicted octanol–water partition coefficient (Wildman–Crippen LogP) is 5.06. The molecule has 3 atom stereocenters. The highest BCUT2D eigenvalue weighted by Crippen LogP contribution is 2.50. The van der Waals surface area contributed by atoms with E-state index in [0.29, 0.717) is 19.4 Å². The minimum absolute atomic E-state index is 0.0971. The van der Waals surface area contributed by atoms with Crippen LogP contribution in [0.25, 0.3) is 0 Å². The maximum Gasteiger partial charge on any atom is 0.317 e. The van der Waals surface area contributed by atoms with Gasteiger partial charge in [-0.1, -0.05) is 43.0 Å². The van der Waals surface area contributed by atoms with E-state index < -0.39 is 11.9 Å². The van der Waals surface area contributed by atoms with Crippen LogP contribution in [-0.2, 0) is 4.79 Å². The summed E-state index contributed by atoms with van der Waals surface area (Å²) in [6.07, 6.45) is 5.88. The molecule has 1 aliphatic heterocycles. The molecule has 1 unspecified atom stereocenters. The summed E-state index contributed by atoms with van der Waals surface area (Å²) >= 11 is 12.6. The van der Waals surface area contributed by atoms with E-state index in [-0.39, 0.29) is 44.4 Å². The van der Waals surface area contributed by atoms with E-state index in [1.54, 1.807) is 11.9 Å². The predicted molar refractivity (Wildman–Crippen MR) is 115 cm³/mol. The van der Waals surface area contributed by atoms with Crippen LogP contribution in [0.15, 0.2) is 12.1 Å². The standard InChI is InChI=1S/C22H28Cl2FN3O2/c1-21(8-3-4-9-21)18(16-15(25)6-5-14(23)17(16)24)26-19(29)13-7-10-22(11-13)12-28(2)20(30)27-22/h5-6,13,18H,3-4,7-12H2,1-2H3,(H,26,29)(H,27,30)/t13-,18?,22+/m0/s1. The van der Waals surface area contributed by atoms with Gasteiger partial charge < -0.3 is 15.5 Å². The zero-order valence-corrected chi connectivity index (χ0v) is 18.9. The van der Waals surface area contributed by atoms with Gasteiger partial charge in [0.15, 0.2) is 0 Å². The highest BCUT2D eigenvalue weighted by atomic mass is 35.5. The Hall–Kier alpha value is -1.53. The Morgan fingerprint density at radius 3 is 2.63 bits per heavy atom. The van der Waals surface area contributed by atoms with Crippen LogP contribution in [0.3, 0.4) is 0 Å². The third kappa shape index (κ3) is 3.77. The zero-order valence-electron chi connectivity index (χ0n) is 17.4. The van der Waals surface area contributed by atoms with E-state index in [4.69, 9.17) is 23.2 Å². The fourth-order valence-electron chi connectivity index (χ4n) is 5.63. The number of amides is 3. The van der Waals surface area contributed by atoms with Gasteiger partial charge in [0.1, 0.15) is 5.82 Å².